The van der Waals surface area contributed by atoms with Crippen LogP contribution in [0.1, 0.15) is 0 Å². The fourth-order valence-electron chi connectivity index (χ4n) is 1.25. The van der Waals surface area contributed by atoms with E-state index in [1.54, 1.807) is 0 Å². The van der Waals surface area contributed by atoms with Crippen molar-refractivity contribution in [2.24, 2.45) is 0 Å². The molecule has 1 aromatic rings. The molecule has 0 atom stereocenters. The van der Waals surface area contributed by atoms with Gasteiger partial charge in [-0.2, -0.15) is 0 Å². The van der Waals surface area contributed by atoms with Gasteiger partial charge in [0, 0.05) is 8.95 Å². The Labute approximate surface area is 129 Å². The lowest BCUT2D eigenvalue weighted by Crippen LogP contribution is -2.34. The molecule has 1 aromatic carbocycles. The molecule has 17 heavy (non-hydrogen) atoms. The van der Waals surface area contributed by atoms with Gasteiger partial charge in [-0.15, -0.1) is 19.0 Å². The molecule has 3 heterocycles. The molecule has 0 radical (unpaired) electrons. The summed E-state index contributed by atoms with van der Waals surface area (Å²) in [5, 5.41) is 2.06. The van der Waals surface area contributed by atoms with Crippen LogP contribution in [0.5, 0.6) is 0 Å². The molecule has 0 aromatic heterocycles. The summed E-state index contributed by atoms with van der Waals surface area (Å²) in [5.74, 6) is 0. The number of rotatable bonds is 1. The van der Waals surface area contributed by atoms with Crippen LogP contribution in [0.2, 0.25) is 0 Å². The molecule has 0 unspecified atom stereocenters. The molecule has 6 nitrogen and oxygen atoms in total. The molecule has 11 heteroatoms. The molecule has 0 N–H and O–H groups in total. The lowest BCUT2D eigenvalue weighted by Gasteiger charge is -2.23. The van der Waals surface area contributed by atoms with Crippen molar-refractivity contribution in [2.45, 2.75) is 0 Å². The minimum Gasteiger partial charge on any atom is -0.222 e. The number of hydrogen-bond donors (Lipinski definition) is 0. The van der Waals surface area contributed by atoms with Gasteiger partial charge in [-0.3, -0.25) is 0 Å². The van der Waals surface area contributed by atoms with Gasteiger partial charge in [-0.05, 0) is 69.8 Å². The maximum Gasteiger partial charge on any atom is 0.538 e. The normalized spacial score (nSPS) is 30.6. The van der Waals surface area contributed by atoms with Crippen LogP contribution in [0.4, 0.5) is 5.69 Å². The van der Waals surface area contributed by atoms with E-state index in [4.69, 9.17) is 13.9 Å². The molecular formula is C6HBr4N2O4P. The summed E-state index contributed by atoms with van der Waals surface area (Å²) < 4.78 is 29.0. The largest absolute Gasteiger partial charge is 0.538 e. The second kappa shape index (κ2) is 4.26. The summed E-state index contributed by atoms with van der Waals surface area (Å²) in [6.45, 7) is 0. The monoisotopic (exact) mass is 512 g/mol. The van der Waals surface area contributed by atoms with Crippen molar-refractivity contribution in [3.63, 3.8) is 0 Å². The van der Waals surface area contributed by atoms with E-state index in [1.165, 1.54) is 0 Å². The summed E-state index contributed by atoms with van der Waals surface area (Å²) in [4.78, 5) is 0. The average molecular weight is 516 g/mol. The highest BCUT2D eigenvalue weighted by molar-refractivity contribution is 9.14. The fourth-order valence-corrected chi connectivity index (χ4v) is 4.46. The Hall–Kier alpha value is 1.01. The van der Waals surface area contributed by atoms with Crippen LogP contribution in [-0.4, -0.2) is 5.34 Å². The predicted molar refractivity (Wildman–Crippen MR) is 72.4 cm³/mol. The van der Waals surface area contributed by atoms with E-state index in [0.29, 0.717) is 14.6 Å². The SMILES string of the molecule is O=P12ON(O1)N(c1c(Br)c(Br)cc(Br)c1Br)O2. The lowest BCUT2D eigenvalue weighted by atomic mass is 10.3. The van der Waals surface area contributed by atoms with Crippen LogP contribution in [-0.2, 0) is 18.4 Å². The molecule has 3 saturated heterocycles. The Kier molecular flexibility index (Phi) is 3.26. The Morgan fingerprint density at radius 2 is 1.53 bits per heavy atom. The summed E-state index contributed by atoms with van der Waals surface area (Å²) in [6.07, 6.45) is 0. The Morgan fingerprint density at radius 3 is 1.94 bits per heavy atom. The van der Waals surface area contributed by atoms with Crippen molar-refractivity contribution >= 4 is 77.2 Å². The molecule has 3 fully saturated rings. The fraction of sp³-hybridized carbons (Fsp3) is 0. The van der Waals surface area contributed by atoms with E-state index in [9.17, 15) is 4.57 Å². The summed E-state index contributed by atoms with van der Waals surface area (Å²) in [7, 11) is -3.41. The Morgan fingerprint density at radius 1 is 1.00 bits per heavy atom. The number of nitrogens with zero attached hydrogens (tertiary/aromatic N) is 2. The first kappa shape index (κ1) is 13.0. The van der Waals surface area contributed by atoms with Gasteiger partial charge in [0.2, 0.25) is 0 Å². The maximum absolute atomic E-state index is 11.5. The molecule has 0 spiro atoms. The number of fused-ring (bicyclic) bond motifs is 1. The minimum atomic E-state index is -3.41. The van der Waals surface area contributed by atoms with Crippen LogP contribution in [0.15, 0.2) is 24.0 Å². The first-order valence-electron chi connectivity index (χ1n) is 4.03. The highest BCUT2D eigenvalue weighted by atomic mass is 79.9. The van der Waals surface area contributed by atoms with Gasteiger partial charge in [-0.1, -0.05) is 0 Å². The van der Waals surface area contributed by atoms with Crippen molar-refractivity contribution in [1.29, 1.82) is 0 Å². The van der Waals surface area contributed by atoms with E-state index >= 15 is 0 Å². The molecule has 0 amide bonds. The number of hydrazine groups is 1. The molecule has 3 aliphatic heterocycles. The summed E-state index contributed by atoms with van der Waals surface area (Å²) in [6, 6.07) is 1.84. The third-order valence-electron chi connectivity index (χ3n) is 1.95. The van der Waals surface area contributed by atoms with Crippen molar-refractivity contribution in [3.8, 4) is 0 Å². The average Bonchev–Trinajstić information content (AvgIpc) is 2.68. The van der Waals surface area contributed by atoms with Crippen molar-refractivity contribution in [1.82, 2.24) is 5.34 Å². The number of halogens is 4. The minimum absolute atomic E-state index is 0.557. The van der Waals surface area contributed by atoms with Crippen LogP contribution < -0.4 is 5.17 Å². The molecule has 0 aliphatic carbocycles. The van der Waals surface area contributed by atoms with Crippen molar-refractivity contribution < 1.29 is 18.4 Å². The topological polar surface area (TPSA) is 51.2 Å². The van der Waals surface area contributed by atoms with E-state index in [2.05, 4.69) is 63.7 Å². The molecule has 4 rings (SSSR count). The predicted octanol–water partition coefficient (Wildman–Crippen LogP) is 4.69. The highest BCUT2D eigenvalue weighted by Crippen LogP contribution is 2.68. The highest BCUT2D eigenvalue weighted by Gasteiger charge is 2.60. The van der Waals surface area contributed by atoms with Gasteiger partial charge in [0.1, 0.15) is 5.69 Å². The van der Waals surface area contributed by atoms with Gasteiger partial charge in [0.15, 0.2) is 0 Å². The molecule has 3 aliphatic rings. The quantitative estimate of drug-likeness (QED) is 0.400. The molecule has 2 bridgehead atoms. The van der Waals surface area contributed by atoms with E-state index in [-0.39, 0.29) is 0 Å². The Bertz CT molecular complexity index is 533. The third-order valence-corrected chi connectivity index (χ3v) is 6.90. The maximum atomic E-state index is 11.5. The van der Waals surface area contributed by atoms with Crippen LogP contribution >= 0.6 is 71.5 Å². The van der Waals surface area contributed by atoms with Crippen LogP contribution in [0, 0.1) is 0 Å². The number of hydrogen-bond acceptors (Lipinski definition) is 6. The first-order valence-corrected chi connectivity index (χ1v) is 8.67. The van der Waals surface area contributed by atoms with Crippen molar-refractivity contribution in [3.05, 3.63) is 24.0 Å². The number of benzene rings is 1. The molecule has 92 valence electrons. The van der Waals surface area contributed by atoms with Gasteiger partial charge >= 0.3 is 7.82 Å². The van der Waals surface area contributed by atoms with Gasteiger partial charge in [0.05, 0.1) is 14.3 Å². The van der Waals surface area contributed by atoms with Crippen LogP contribution in [0.25, 0.3) is 0 Å². The number of anilines is 1. The smallest absolute Gasteiger partial charge is 0.222 e. The van der Waals surface area contributed by atoms with Gasteiger partial charge in [0.25, 0.3) is 0 Å². The number of phosphoric acid groups is 1. The second-order valence-electron chi connectivity index (χ2n) is 3.02. The Balaban J connectivity index is 2.12. The van der Waals surface area contributed by atoms with E-state index in [1.807, 2.05) is 6.07 Å². The lowest BCUT2D eigenvalue weighted by molar-refractivity contribution is -0.318. The van der Waals surface area contributed by atoms with Crippen molar-refractivity contribution in [2.75, 3.05) is 5.17 Å². The molecular weight excluding hydrogens is 515 g/mol. The summed E-state index contributed by atoms with van der Waals surface area (Å²) in [5.41, 5.74) is 0.557. The summed E-state index contributed by atoms with van der Waals surface area (Å²) >= 11 is 13.5. The zero-order valence-corrected chi connectivity index (χ0v) is 14.8. The molecule has 0 saturated carbocycles. The first-order chi connectivity index (χ1) is 7.91. The van der Waals surface area contributed by atoms with Crippen LogP contribution in [0.3, 0.4) is 0 Å². The van der Waals surface area contributed by atoms with Gasteiger partial charge < -0.3 is 0 Å². The second-order valence-corrected chi connectivity index (χ2v) is 7.70. The van der Waals surface area contributed by atoms with E-state index < -0.39 is 7.82 Å². The van der Waals surface area contributed by atoms with Gasteiger partial charge in [-0.25, -0.2) is 4.57 Å². The zero-order chi connectivity index (χ0) is 12.4. The third kappa shape index (κ3) is 1.98. The van der Waals surface area contributed by atoms with E-state index in [0.717, 1.165) is 19.5 Å². The zero-order valence-electron chi connectivity index (χ0n) is 7.56. The standard InChI is InChI=1S/C6HBr4N2O4P/c7-2-1-3(8)5(10)6(4(2)9)11-12-15-17(13,14-11)16-12/h1H.